The van der Waals surface area contributed by atoms with Crippen LogP contribution >= 0.6 is 0 Å². The van der Waals surface area contributed by atoms with Crippen molar-refractivity contribution in [3.8, 4) is 0 Å². The molecule has 1 aliphatic rings. The van der Waals surface area contributed by atoms with Crippen molar-refractivity contribution in [2.75, 3.05) is 0 Å². The van der Waals surface area contributed by atoms with Crippen molar-refractivity contribution in [2.45, 2.75) is 38.8 Å². The molecule has 1 aromatic heterocycles. The van der Waals surface area contributed by atoms with Crippen molar-refractivity contribution in [1.82, 2.24) is 15.0 Å². The summed E-state index contributed by atoms with van der Waals surface area (Å²) in [6.07, 6.45) is 6.34. The zero-order valence-electron chi connectivity index (χ0n) is 8.35. The van der Waals surface area contributed by atoms with Crippen LogP contribution in [0.1, 0.15) is 31.9 Å². The SMILES string of the molecule is CCn1nncc1C1=CC(O)CCC1. The minimum absolute atomic E-state index is 0.293. The number of aromatic nitrogens is 3. The molecular formula is C10H15N3O. The third-order valence-corrected chi connectivity index (χ3v) is 2.59. The van der Waals surface area contributed by atoms with Crippen LogP contribution in [-0.2, 0) is 6.54 Å². The first-order chi connectivity index (χ1) is 6.81. The minimum Gasteiger partial charge on any atom is -0.389 e. The van der Waals surface area contributed by atoms with Crippen LogP contribution in [0.3, 0.4) is 0 Å². The molecule has 0 saturated carbocycles. The van der Waals surface area contributed by atoms with Gasteiger partial charge in [-0.05, 0) is 31.8 Å². The number of allylic oxidation sites excluding steroid dienone is 1. The zero-order chi connectivity index (χ0) is 9.97. The number of aryl methyl sites for hydroxylation is 1. The molecule has 0 spiro atoms. The van der Waals surface area contributed by atoms with Gasteiger partial charge in [0.15, 0.2) is 0 Å². The average molecular weight is 193 g/mol. The Balaban J connectivity index is 2.29. The minimum atomic E-state index is -0.293. The van der Waals surface area contributed by atoms with Crippen molar-refractivity contribution in [2.24, 2.45) is 0 Å². The van der Waals surface area contributed by atoms with Gasteiger partial charge in [0, 0.05) is 6.54 Å². The van der Waals surface area contributed by atoms with Gasteiger partial charge in [0.1, 0.15) is 0 Å². The molecule has 1 unspecified atom stereocenters. The summed E-state index contributed by atoms with van der Waals surface area (Å²) < 4.78 is 1.86. The van der Waals surface area contributed by atoms with Crippen LogP contribution < -0.4 is 0 Å². The molecule has 1 atom stereocenters. The molecular weight excluding hydrogens is 178 g/mol. The quantitative estimate of drug-likeness (QED) is 0.768. The average Bonchev–Trinajstić information content (AvgIpc) is 2.65. The zero-order valence-corrected chi connectivity index (χ0v) is 8.35. The molecule has 4 heteroatoms. The third-order valence-electron chi connectivity index (χ3n) is 2.59. The molecule has 4 nitrogen and oxygen atoms in total. The molecule has 76 valence electrons. The van der Waals surface area contributed by atoms with Gasteiger partial charge in [-0.15, -0.1) is 5.10 Å². The van der Waals surface area contributed by atoms with E-state index in [-0.39, 0.29) is 6.10 Å². The first-order valence-corrected chi connectivity index (χ1v) is 5.09. The van der Waals surface area contributed by atoms with E-state index in [1.807, 2.05) is 17.7 Å². The van der Waals surface area contributed by atoms with E-state index in [2.05, 4.69) is 10.3 Å². The Labute approximate surface area is 83.2 Å². The van der Waals surface area contributed by atoms with Crippen LogP contribution in [0.2, 0.25) is 0 Å². The molecule has 0 aliphatic heterocycles. The number of hydrogen-bond donors (Lipinski definition) is 1. The molecule has 14 heavy (non-hydrogen) atoms. The Morgan fingerprint density at radius 2 is 2.50 bits per heavy atom. The molecule has 0 radical (unpaired) electrons. The molecule has 0 amide bonds. The van der Waals surface area contributed by atoms with Gasteiger partial charge in [-0.2, -0.15) is 0 Å². The second-order valence-electron chi connectivity index (χ2n) is 3.59. The first kappa shape index (κ1) is 9.40. The van der Waals surface area contributed by atoms with Crippen LogP contribution in [0.25, 0.3) is 5.57 Å². The maximum Gasteiger partial charge on any atom is 0.0842 e. The number of rotatable bonds is 2. The summed E-state index contributed by atoms with van der Waals surface area (Å²) in [6, 6.07) is 0. The molecule has 0 fully saturated rings. The fraction of sp³-hybridized carbons (Fsp3) is 0.600. The van der Waals surface area contributed by atoms with E-state index < -0.39 is 0 Å². The van der Waals surface area contributed by atoms with Gasteiger partial charge in [0.2, 0.25) is 0 Å². The predicted molar refractivity (Wildman–Crippen MR) is 53.5 cm³/mol. The molecule has 1 aromatic rings. The highest BCUT2D eigenvalue weighted by molar-refractivity contribution is 5.63. The van der Waals surface area contributed by atoms with Crippen LogP contribution in [0.4, 0.5) is 0 Å². The second kappa shape index (κ2) is 3.92. The summed E-state index contributed by atoms with van der Waals surface area (Å²) in [7, 11) is 0. The highest BCUT2D eigenvalue weighted by atomic mass is 16.3. The molecule has 0 saturated heterocycles. The largest absolute Gasteiger partial charge is 0.389 e. The Morgan fingerprint density at radius 3 is 3.21 bits per heavy atom. The van der Waals surface area contributed by atoms with Crippen molar-refractivity contribution in [1.29, 1.82) is 0 Å². The number of hydrogen-bond acceptors (Lipinski definition) is 3. The summed E-state index contributed by atoms with van der Waals surface area (Å²) in [6.45, 7) is 2.86. The number of aliphatic hydroxyl groups excluding tert-OH is 1. The van der Waals surface area contributed by atoms with Gasteiger partial charge >= 0.3 is 0 Å². The van der Waals surface area contributed by atoms with Gasteiger partial charge in [-0.3, -0.25) is 0 Å². The Kier molecular flexibility index (Phi) is 2.63. The highest BCUT2D eigenvalue weighted by Crippen LogP contribution is 2.26. The predicted octanol–water partition coefficient (Wildman–Crippen LogP) is 1.23. The Hall–Kier alpha value is -1.16. The molecule has 2 rings (SSSR count). The number of nitrogens with zero attached hydrogens (tertiary/aromatic N) is 3. The van der Waals surface area contributed by atoms with Crippen molar-refractivity contribution in [3.05, 3.63) is 18.0 Å². The second-order valence-corrected chi connectivity index (χ2v) is 3.59. The van der Waals surface area contributed by atoms with E-state index >= 15 is 0 Å². The topological polar surface area (TPSA) is 50.9 Å². The molecule has 0 bridgehead atoms. The maximum atomic E-state index is 9.52. The molecule has 1 heterocycles. The monoisotopic (exact) mass is 193 g/mol. The molecule has 1 aliphatic carbocycles. The van der Waals surface area contributed by atoms with E-state index in [9.17, 15) is 5.11 Å². The third kappa shape index (κ3) is 1.70. The normalized spacial score (nSPS) is 22.1. The van der Waals surface area contributed by atoms with E-state index in [0.717, 1.165) is 31.5 Å². The fourth-order valence-electron chi connectivity index (χ4n) is 1.85. The van der Waals surface area contributed by atoms with Gasteiger partial charge in [0.05, 0.1) is 18.0 Å². The summed E-state index contributed by atoms with van der Waals surface area (Å²) in [5, 5.41) is 17.4. The smallest absolute Gasteiger partial charge is 0.0842 e. The first-order valence-electron chi connectivity index (χ1n) is 5.09. The lowest BCUT2D eigenvalue weighted by Crippen LogP contribution is -2.11. The van der Waals surface area contributed by atoms with Crippen LogP contribution in [0.15, 0.2) is 12.3 Å². The molecule has 1 N–H and O–H groups in total. The van der Waals surface area contributed by atoms with Gasteiger partial charge in [-0.1, -0.05) is 11.3 Å². The standard InChI is InChI=1S/C10H15N3O/c1-2-13-10(7-11-12-13)8-4-3-5-9(14)6-8/h6-7,9,14H,2-5H2,1H3. The fourth-order valence-corrected chi connectivity index (χ4v) is 1.85. The maximum absolute atomic E-state index is 9.52. The lowest BCUT2D eigenvalue weighted by molar-refractivity contribution is 0.206. The lowest BCUT2D eigenvalue weighted by atomic mass is 9.95. The van der Waals surface area contributed by atoms with E-state index in [4.69, 9.17) is 0 Å². The summed E-state index contributed by atoms with van der Waals surface area (Å²) in [4.78, 5) is 0. The highest BCUT2D eigenvalue weighted by Gasteiger charge is 2.15. The van der Waals surface area contributed by atoms with E-state index in [1.54, 1.807) is 6.20 Å². The van der Waals surface area contributed by atoms with Crippen LogP contribution in [-0.4, -0.2) is 26.2 Å². The van der Waals surface area contributed by atoms with Gasteiger partial charge in [0.25, 0.3) is 0 Å². The number of aliphatic hydroxyl groups is 1. The summed E-state index contributed by atoms with van der Waals surface area (Å²) >= 11 is 0. The van der Waals surface area contributed by atoms with Crippen molar-refractivity contribution < 1.29 is 5.11 Å². The van der Waals surface area contributed by atoms with Gasteiger partial charge < -0.3 is 5.11 Å². The Morgan fingerprint density at radius 1 is 1.64 bits per heavy atom. The van der Waals surface area contributed by atoms with E-state index in [1.165, 1.54) is 5.57 Å². The van der Waals surface area contributed by atoms with E-state index in [0.29, 0.717) is 0 Å². The summed E-state index contributed by atoms with van der Waals surface area (Å²) in [5.41, 5.74) is 2.22. The molecule has 0 aromatic carbocycles. The van der Waals surface area contributed by atoms with Crippen molar-refractivity contribution in [3.63, 3.8) is 0 Å². The van der Waals surface area contributed by atoms with Crippen molar-refractivity contribution >= 4 is 5.57 Å². The van der Waals surface area contributed by atoms with Crippen LogP contribution in [0, 0.1) is 0 Å². The summed E-state index contributed by atoms with van der Waals surface area (Å²) in [5.74, 6) is 0. The van der Waals surface area contributed by atoms with Crippen LogP contribution in [0.5, 0.6) is 0 Å². The Bertz CT molecular complexity index is 343. The van der Waals surface area contributed by atoms with Gasteiger partial charge in [-0.25, -0.2) is 4.68 Å². The lowest BCUT2D eigenvalue weighted by Gasteiger charge is -2.16.